The van der Waals surface area contributed by atoms with Crippen molar-refractivity contribution < 1.29 is 23.5 Å². The van der Waals surface area contributed by atoms with E-state index in [0.29, 0.717) is 11.4 Å². The Bertz CT molecular complexity index is 838. The molecule has 0 bridgehead atoms. The van der Waals surface area contributed by atoms with Crippen molar-refractivity contribution in [2.24, 2.45) is 0 Å². The van der Waals surface area contributed by atoms with Crippen molar-refractivity contribution >= 4 is 17.5 Å². The SMILES string of the molecule is COc1ccc(F)cc1C(=O)NC(C)c1ccc2c(c1)NC(=O)CO2. The van der Waals surface area contributed by atoms with Crippen LogP contribution in [0.25, 0.3) is 0 Å². The lowest BCUT2D eigenvalue weighted by atomic mass is 10.1. The molecule has 7 heteroatoms. The molecule has 1 unspecified atom stereocenters. The third-order valence-corrected chi connectivity index (χ3v) is 3.89. The first kappa shape index (κ1) is 16.8. The normalized spacial score (nSPS) is 14.0. The number of hydrogen-bond donors (Lipinski definition) is 2. The summed E-state index contributed by atoms with van der Waals surface area (Å²) in [5, 5.41) is 5.51. The molecule has 1 heterocycles. The van der Waals surface area contributed by atoms with E-state index in [0.717, 1.165) is 11.6 Å². The molecule has 0 spiro atoms. The molecule has 0 saturated heterocycles. The van der Waals surface area contributed by atoms with E-state index in [-0.39, 0.29) is 29.9 Å². The number of carbonyl (C=O) groups excluding carboxylic acids is 2. The molecule has 0 radical (unpaired) electrons. The highest BCUT2D eigenvalue weighted by Gasteiger charge is 2.20. The van der Waals surface area contributed by atoms with Gasteiger partial charge in [0.1, 0.15) is 17.3 Å². The summed E-state index contributed by atoms with van der Waals surface area (Å²) in [6.45, 7) is 1.77. The molecule has 6 nitrogen and oxygen atoms in total. The van der Waals surface area contributed by atoms with Crippen LogP contribution in [0.5, 0.6) is 11.5 Å². The van der Waals surface area contributed by atoms with Gasteiger partial charge in [-0.25, -0.2) is 4.39 Å². The Hall–Kier alpha value is -3.09. The molecule has 2 amide bonds. The number of nitrogens with one attached hydrogen (secondary N) is 2. The zero-order valence-corrected chi connectivity index (χ0v) is 13.8. The number of methoxy groups -OCH3 is 1. The summed E-state index contributed by atoms with van der Waals surface area (Å²) in [5.74, 6) is -0.342. The Morgan fingerprint density at radius 3 is 2.88 bits per heavy atom. The van der Waals surface area contributed by atoms with Gasteiger partial charge >= 0.3 is 0 Å². The smallest absolute Gasteiger partial charge is 0.262 e. The summed E-state index contributed by atoms with van der Waals surface area (Å²) in [4.78, 5) is 23.9. The summed E-state index contributed by atoms with van der Waals surface area (Å²) < 4.78 is 23.8. The number of anilines is 1. The fraction of sp³-hybridized carbons (Fsp3) is 0.222. The average Bonchev–Trinajstić information content (AvgIpc) is 2.60. The highest BCUT2D eigenvalue weighted by atomic mass is 19.1. The van der Waals surface area contributed by atoms with Crippen molar-refractivity contribution in [1.29, 1.82) is 0 Å². The van der Waals surface area contributed by atoms with Gasteiger partial charge < -0.3 is 20.1 Å². The Morgan fingerprint density at radius 2 is 2.12 bits per heavy atom. The van der Waals surface area contributed by atoms with E-state index in [2.05, 4.69) is 10.6 Å². The summed E-state index contributed by atoms with van der Waals surface area (Å²) in [5.41, 5.74) is 1.44. The van der Waals surface area contributed by atoms with Crippen molar-refractivity contribution in [3.8, 4) is 11.5 Å². The molecular weight excluding hydrogens is 327 g/mol. The van der Waals surface area contributed by atoms with Gasteiger partial charge in [0.25, 0.3) is 11.8 Å². The maximum atomic E-state index is 13.4. The zero-order chi connectivity index (χ0) is 18.0. The van der Waals surface area contributed by atoms with Gasteiger partial charge in [0.2, 0.25) is 0 Å². The van der Waals surface area contributed by atoms with Crippen molar-refractivity contribution in [1.82, 2.24) is 5.32 Å². The molecule has 1 atom stereocenters. The third-order valence-electron chi connectivity index (χ3n) is 3.89. The summed E-state index contributed by atoms with van der Waals surface area (Å²) in [6.07, 6.45) is 0. The first-order valence-electron chi connectivity index (χ1n) is 7.69. The Kier molecular flexibility index (Phi) is 4.56. The molecule has 1 aliphatic heterocycles. The number of amides is 2. The molecule has 0 fully saturated rings. The first-order chi connectivity index (χ1) is 12.0. The van der Waals surface area contributed by atoms with Gasteiger partial charge in [-0.05, 0) is 42.8 Å². The lowest BCUT2D eigenvalue weighted by Crippen LogP contribution is -2.28. The van der Waals surface area contributed by atoms with Crippen LogP contribution >= 0.6 is 0 Å². The van der Waals surface area contributed by atoms with Crippen molar-refractivity contribution in [3.05, 3.63) is 53.3 Å². The van der Waals surface area contributed by atoms with Crippen molar-refractivity contribution in [2.45, 2.75) is 13.0 Å². The van der Waals surface area contributed by atoms with Crippen LogP contribution in [-0.4, -0.2) is 25.5 Å². The zero-order valence-electron chi connectivity index (χ0n) is 13.8. The molecule has 0 aliphatic carbocycles. The quantitative estimate of drug-likeness (QED) is 0.894. The molecule has 130 valence electrons. The second-order valence-electron chi connectivity index (χ2n) is 5.63. The number of ether oxygens (including phenoxy) is 2. The Labute approximate surface area is 143 Å². The molecule has 2 N–H and O–H groups in total. The first-order valence-corrected chi connectivity index (χ1v) is 7.69. The van der Waals surface area contributed by atoms with Gasteiger partial charge in [0, 0.05) is 0 Å². The maximum absolute atomic E-state index is 13.4. The molecule has 0 aromatic heterocycles. The number of carbonyl (C=O) groups is 2. The van der Waals surface area contributed by atoms with Gasteiger partial charge in [-0.15, -0.1) is 0 Å². The predicted molar refractivity (Wildman–Crippen MR) is 89.4 cm³/mol. The van der Waals surface area contributed by atoms with Gasteiger partial charge in [0.05, 0.1) is 24.4 Å². The fourth-order valence-electron chi connectivity index (χ4n) is 2.59. The van der Waals surface area contributed by atoms with E-state index in [9.17, 15) is 14.0 Å². The number of benzene rings is 2. The lowest BCUT2D eigenvalue weighted by molar-refractivity contribution is -0.118. The minimum Gasteiger partial charge on any atom is -0.496 e. The number of halogens is 1. The highest BCUT2D eigenvalue weighted by Crippen LogP contribution is 2.30. The van der Waals surface area contributed by atoms with Crippen LogP contribution in [-0.2, 0) is 4.79 Å². The van der Waals surface area contributed by atoms with E-state index in [4.69, 9.17) is 9.47 Å². The van der Waals surface area contributed by atoms with Crippen molar-refractivity contribution in [2.75, 3.05) is 19.0 Å². The molecule has 3 rings (SSSR count). The van der Waals surface area contributed by atoms with Gasteiger partial charge in [-0.1, -0.05) is 6.07 Å². The summed E-state index contributed by atoms with van der Waals surface area (Å²) >= 11 is 0. The number of hydrogen-bond acceptors (Lipinski definition) is 4. The van der Waals surface area contributed by atoms with E-state index >= 15 is 0 Å². The number of fused-ring (bicyclic) bond motifs is 1. The molecular formula is C18H17FN2O4. The second kappa shape index (κ2) is 6.80. The van der Waals surface area contributed by atoms with Crippen LogP contribution < -0.4 is 20.1 Å². The van der Waals surface area contributed by atoms with E-state index in [1.54, 1.807) is 25.1 Å². The Balaban J connectivity index is 1.79. The Morgan fingerprint density at radius 1 is 1.32 bits per heavy atom. The standard InChI is InChI=1S/C18H17FN2O4/c1-10(11-3-5-16-14(7-11)21-17(22)9-25-16)20-18(23)13-8-12(19)4-6-15(13)24-2/h3-8,10H,9H2,1-2H3,(H,20,23)(H,21,22). The number of rotatable bonds is 4. The van der Waals surface area contributed by atoms with Crippen LogP contribution in [0.4, 0.5) is 10.1 Å². The van der Waals surface area contributed by atoms with Gasteiger partial charge in [-0.2, -0.15) is 0 Å². The average molecular weight is 344 g/mol. The molecule has 2 aromatic carbocycles. The lowest BCUT2D eigenvalue weighted by Gasteiger charge is -2.21. The minimum absolute atomic E-state index is 0.0159. The summed E-state index contributed by atoms with van der Waals surface area (Å²) in [6, 6.07) is 8.65. The second-order valence-corrected chi connectivity index (χ2v) is 5.63. The minimum atomic E-state index is -0.521. The van der Waals surface area contributed by atoms with Crippen LogP contribution in [0.1, 0.15) is 28.9 Å². The molecule has 1 aliphatic rings. The largest absolute Gasteiger partial charge is 0.496 e. The van der Waals surface area contributed by atoms with Crippen LogP contribution in [0.2, 0.25) is 0 Å². The molecule has 2 aromatic rings. The highest BCUT2D eigenvalue weighted by molar-refractivity contribution is 5.97. The molecule has 25 heavy (non-hydrogen) atoms. The van der Waals surface area contributed by atoms with E-state index < -0.39 is 11.7 Å². The fourth-order valence-corrected chi connectivity index (χ4v) is 2.59. The summed E-state index contributed by atoms with van der Waals surface area (Å²) in [7, 11) is 1.42. The van der Waals surface area contributed by atoms with Crippen LogP contribution in [0.3, 0.4) is 0 Å². The van der Waals surface area contributed by atoms with Crippen molar-refractivity contribution in [3.63, 3.8) is 0 Å². The monoisotopic (exact) mass is 344 g/mol. The third kappa shape index (κ3) is 3.55. The maximum Gasteiger partial charge on any atom is 0.262 e. The topological polar surface area (TPSA) is 76.7 Å². The van der Waals surface area contributed by atoms with E-state index in [1.807, 2.05) is 0 Å². The molecule has 0 saturated carbocycles. The van der Waals surface area contributed by atoms with Gasteiger partial charge in [0.15, 0.2) is 6.61 Å². The van der Waals surface area contributed by atoms with E-state index in [1.165, 1.54) is 19.2 Å². The van der Waals surface area contributed by atoms with Gasteiger partial charge in [-0.3, -0.25) is 9.59 Å². The van der Waals surface area contributed by atoms with Crippen LogP contribution in [0, 0.1) is 5.82 Å². The predicted octanol–water partition coefficient (Wildman–Crippen LogP) is 2.66. The van der Waals surface area contributed by atoms with Crippen LogP contribution in [0.15, 0.2) is 36.4 Å².